The summed E-state index contributed by atoms with van der Waals surface area (Å²) in [5, 5.41) is 0.552. The molecular weight excluding hydrogens is 448 g/mol. The van der Waals surface area contributed by atoms with E-state index in [0.29, 0.717) is 28.6 Å². The maximum atomic E-state index is 12.9. The number of carbonyl (C=O) groups excluding carboxylic acids is 2. The van der Waals surface area contributed by atoms with Gasteiger partial charge in [-0.1, -0.05) is 29.8 Å². The molecule has 0 saturated heterocycles. The zero-order valence-corrected chi connectivity index (χ0v) is 20.2. The van der Waals surface area contributed by atoms with Crippen LogP contribution in [0, 0.1) is 0 Å². The molecule has 0 saturated carbocycles. The monoisotopic (exact) mass is 476 g/mol. The number of ether oxygens (including phenoxy) is 4. The Labute approximate surface area is 198 Å². The Bertz CT molecular complexity index is 1010. The Morgan fingerprint density at radius 1 is 1.12 bits per heavy atom. The second-order valence-electron chi connectivity index (χ2n) is 7.62. The van der Waals surface area contributed by atoms with Crippen LogP contribution in [0.15, 0.2) is 36.4 Å². The van der Waals surface area contributed by atoms with E-state index in [9.17, 15) is 9.59 Å². The first-order valence-electron chi connectivity index (χ1n) is 10.7. The minimum Gasteiger partial charge on any atom is -0.493 e. The van der Waals surface area contributed by atoms with Crippen LogP contribution in [0.2, 0.25) is 5.02 Å². The van der Waals surface area contributed by atoms with Gasteiger partial charge in [-0.3, -0.25) is 9.80 Å². The lowest BCUT2D eigenvalue weighted by Gasteiger charge is -2.42. The quantitative estimate of drug-likeness (QED) is 0.553. The van der Waals surface area contributed by atoms with E-state index in [1.54, 1.807) is 34.9 Å². The first kappa shape index (κ1) is 24.5. The van der Waals surface area contributed by atoms with Gasteiger partial charge in [0.05, 0.1) is 46.2 Å². The summed E-state index contributed by atoms with van der Waals surface area (Å²) >= 11 is 6.39. The van der Waals surface area contributed by atoms with Gasteiger partial charge in [0, 0.05) is 22.7 Å². The van der Waals surface area contributed by atoms with Gasteiger partial charge < -0.3 is 18.9 Å². The summed E-state index contributed by atoms with van der Waals surface area (Å²) in [6, 6.07) is 10.2. The van der Waals surface area contributed by atoms with Gasteiger partial charge in [0.2, 0.25) is 0 Å². The van der Waals surface area contributed by atoms with Gasteiger partial charge in [0.1, 0.15) is 0 Å². The van der Waals surface area contributed by atoms with Gasteiger partial charge in [-0.25, -0.2) is 9.59 Å². The summed E-state index contributed by atoms with van der Waals surface area (Å²) in [5.41, 5.74) is 2.09. The fraction of sp³-hybridized carbons (Fsp3) is 0.417. The van der Waals surface area contributed by atoms with Crippen molar-refractivity contribution in [1.82, 2.24) is 4.90 Å². The molecule has 0 unspecified atom stereocenters. The number of hydrogen-bond acceptors (Lipinski definition) is 6. The summed E-state index contributed by atoms with van der Waals surface area (Å²) in [4.78, 5) is 29.0. The van der Waals surface area contributed by atoms with Gasteiger partial charge >= 0.3 is 12.2 Å². The van der Waals surface area contributed by atoms with Crippen molar-refractivity contribution < 1.29 is 28.5 Å². The molecule has 33 heavy (non-hydrogen) atoms. The van der Waals surface area contributed by atoms with Crippen LogP contribution in [0.5, 0.6) is 11.5 Å². The SMILES string of the molecule is CCOC(=O)N1c2cc(OC)c(OC)cc2[C@@H](N(Cc2ccccc2Cl)C(=O)OC)C[C@H]1C. The summed E-state index contributed by atoms with van der Waals surface area (Å²) in [7, 11) is 4.41. The van der Waals surface area contributed by atoms with E-state index in [0.717, 1.165) is 11.1 Å². The highest BCUT2D eigenvalue weighted by atomic mass is 35.5. The van der Waals surface area contributed by atoms with Crippen molar-refractivity contribution in [2.45, 2.75) is 38.9 Å². The third kappa shape index (κ3) is 4.95. The minimum absolute atomic E-state index is 0.233. The number of rotatable bonds is 6. The summed E-state index contributed by atoms with van der Waals surface area (Å²) in [6.45, 7) is 4.15. The largest absolute Gasteiger partial charge is 0.493 e. The van der Waals surface area contributed by atoms with Gasteiger partial charge in [0.15, 0.2) is 11.5 Å². The smallest absolute Gasteiger partial charge is 0.414 e. The predicted octanol–water partition coefficient (Wildman–Crippen LogP) is 5.42. The minimum atomic E-state index is -0.502. The number of methoxy groups -OCH3 is 3. The number of fused-ring (bicyclic) bond motifs is 1. The third-order valence-electron chi connectivity index (χ3n) is 5.70. The molecule has 2 amide bonds. The number of carbonyl (C=O) groups is 2. The van der Waals surface area contributed by atoms with E-state index in [-0.39, 0.29) is 19.2 Å². The van der Waals surface area contributed by atoms with Crippen LogP contribution in [0.1, 0.15) is 37.4 Å². The van der Waals surface area contributed by atoms with Crippen LogP contribution in [0.4, 0.5) is 15.3 Å². The number of hydrogen-bond donors (Lipinski definition) is 0. The van der Waals surface area contributed by atoms with Gasteiger partial charge in [-0.2, -0.15) is 0 Å². The molecule has 0 N–H and O–H groups in total. The number of anilines is 1. The van der Waals surface area contributed by atoms with Crippen LogP contribution < -0.4 is 14.4 Å². The van der Waals surface area contributed by atoms with Gasteiger partial charge in [0.25, 0.3) is 0 Å². The summed E-state index contributed by atoms with van der Waals surface area (Å²) in [5.74, 6) is 0.955. The van der Waals surface area contributed by atoms with Crippen LogP contribution in [-0.4, -0.2) is 51.1 Å². The molecule has 0 fully saturated rings. The molecule has 2 aromatic carbocycles. The molecule has 2 atom stereocenters. The topological polar surface area (TPSA) is 77.5 Å². The molecule has 3 rings (SSSR count). The standard InChI is InChI=1S/C24H29ClN2O6/c1-6-33-24(29)27-15(2)11-19(17-12-21(30-3)22(31-4)13-20(17)27)26(23(28)32-5)14-16-9-7-8-10-18(16)25/h7-10,12-13,15,19H,6,11,14H2,1-5H3/t15-,19+/m1/s1. The van der Waals surface area contributed by atoms with E-state index < -0.39 is 18.2 Å². The van der Waals surface area contributed by atoms with Crippen molar-refractivity contribution >= 4 is 29.5 Å². The average Bonchev–Trinajstić information content (AvgIpc) is 2.81. The van der Waals surface area contributed by atoms with Gasteiger partial charge in [-0.15, -0.1) is 0 Å². The van der Waals surface area contributed by atoms with Crippen molar-refractivity contribution in [2.24, 2.45) is 0 Å². The second kappa shape index (κ2) is 10.7. The fourth-order valence-corrected chi connectivity index (χ4v) is 4.34. The maximum absolute atomic E-state index is 12.9. The molecule has 1 heterocycles. The van der Waals surface area contributed by atoms with E-state index in [4.69, 9.17) is 30.5 Å². The molecule has 1 aliphatic heterocycles. The second-order valence-corrected chi connectivity index (χ2v) is 8.03. The molecule has 8 nitrogen and oxygen atoms in total. The Morgan fingerprint density at radius 2 is 1.79 bits per heavy atom. The predicted molar refractivity (Wildman–Crippen MR) is 125 cm³/mol. The number of benzene rings is 2. The van der Waals surface area contributed by atoms with Gasteiger partial charge in [-0.05, 0) is 38.0 Å². The van der Waals surface area contributed by atoms with E-state index in [2.05, 4.69) is 0 Å². The zero-order chi connectivity index (χ0) is 24.1. The molecule has 0 aliphatic carbocycles. The lowest BCUT2D eigenvalue weighted by atomic mass is 9.90. The maximum Gasteiger partial charge on any atom is 0.414 e. The Hall–Kier alpha value is -3.13. The first-order valence-corrected chi connectivity index (χ1v) is 11.0. The van der Waals surface area contributed by atoms with E-state index in [1.165, 1.54) is 21.3 Å². The van der Waals surface area contributed by atoms with Crippen LogP contribution in [-0.2, 0) is 16.0 Å². The Kier molecular flexibility index (Phi) is 7.92. The van der Waals surface area contributed by atoms with E-state index >= 15 is 0 Å². The summed E-state index contributed by atoms with van der Waals surface area (Å²) in [6.07, 6.45) is -0.508. The van der Waals surface area contributed by atoms with Crippen LogP contribution in [0.25, 0.3) is 0 Å². The van der Waals surface area contributed by atoms with Crippen molar-refractivity contribution in [2.75, 3.05) is 32.8 Å². The molecule has 9 heteroatoms. The number of nitrogens with zero attached hydrogens (tertiary/aromatic N) is 2. The average molecular weight is 477 g/mol. The first-order chi connectivity index (χ1) is 15.9. The molecule has 0 radical (unpaired) electrons. The lowest BCUT2D eigenvalue weighted by Crippen LogP contribution is -2.47. The number of amides is 2. The molecule has 178 valence electrons. The fourth-order valence-electron chi connectivity index (χ4n) is 4.15. The third-order valence-corrected chi connectivity index (χ3v) is 6.07. The van der Waals surface area contributed by atoms with Crippen molar-refractivity contribution in [1.29, 1.82) is 0 Å². The highest BCUT2D eigenvalue weighted by Gasteiger charge is 2.40. The molecule has 0 aromatic heterocycles. The normalized spacial score (nSPS) is 17.1. The molecule has 0 spiro atoms. The van der Waals surface area contributed by atoms with Crippen LogP contribution >= 0.6 is 11.6 Å². The van der Waals surface area contributed by atoms with Crippen LogP contribution in [0.3, 0.4) is 0 Å². The Balaban J connectivity index is 2.15. The summed E-state index contributed by atoms with van der Waals surface area (Å²) < 4.78 is 21.4. The molecule has 0 bridgehead atoms. The highest BCUT2D eigenvalue weighted by molar-refractivity contribution is 6.31. The zero-order valence-electron chi connectivity index (χ0n) is 19.5. The lowest BCUT2D eigenvalue weighted by molar-refractivity contribution is 0.0941. The van der Waals surface area contributed by atoms with E-state index in [1.807, 2.05) is 25.1 Å². The van der Waals surface area contributed by atoms with Crippen molar-refractivity contribution in [3.8, 4) is 11.5 Å². The van der Waals surface area contributed by atoms with Crippen molar-refractivity contribution in [3.63, 3.8) is 0 Å². The highest BCUT2D eigenvalue weighted by Crippen LogP contribution is 2.46. The molecular formula is C24H29ClN2O6. The van der Waals surface area contributed by atoms with Crippen molar-refractivity contribution in [3.05, 3.63) is 52.5 Å². The Morgan fingerprint density at radius 3 is 2.39 bits per heavy atom. The molecule has 1 aliphatic rings. The molecule has 2 aromatic rings. The number of halogens is 1.